The van der Waals surface area contributed by atoms with Crippen molar-refractivity contribution >= 4 is 17.2 Å². The Morgan fingerprint density at radius 1 is 0.913 bits per heavy atom. The maximum Gasteiger partial charge on any atom is 0.261 e. The average Bonchev–Trinajstić information content (AvgIpc) is 3.01. The van der Waals surface area contributed by atoms with Gasteiger partial charge < -0.3 is 5.32 Å². The summed E-state index contributed by atoms with van der Waals surface area (Å²) in [6.07, 6.45) is 0. The predicted octanol–water partition coefficient (Wildman–Crippen LogP) is 4.72. The Morgan fingerprint density at radius 3 is 1.96 bits per heavy atom. The summed E-state index contributed by atoms with van der Waals surface area (Å²) in [5.74, 6) is -0.828. The van der Waals surface area contributed by atoms with E-state index < -0.39 is 0 Å². The molecule has 0 bridgehead atoms. The van der Waals surface area contributed by atoms with Gasteiger partial charge in [0.05, 0.1) is 4.88 Å². The van der Waals surface area contributed by atoms with Gasteiger partial charge in [0.25, 0.3) is 5.91 Å². The number of hydrogen-bond acceptors (Lipinski definition) is 2. The van der Waals surface area contributed by atoms with Crippen LogP contribution in [0, 0.1) is 11.6 Å². The molecule has 0 atom stereocenters. The van der Waals surface area contributed by atoms with Crippen molar-refractivity contribution < 1.29 is 13.6 Å². The molecule has 0 radical (unpaired) electrons. The number of hydrogen-bond donors (Lipinski definition) is 1. The Bertz CT molecular complexity index is 775. The molecule has 0 aliphatic heterocycles. The molecule has 23 heavy (non-hydrogen) atoms. The lowest BCUT2D eigenvalue weighted by Gasteiger charge is -2.04. The molecule has 1 N–H and O–H groups in total. The summed E-state index contributed by atoms with van der Waals surface area (Å²) in [5, 5.41) is 2.59. The zero-order valence-corrected chi connectivity index (χ0v) is 13.1. The third-order valence-electron chi connectivity index (χ3n) is 3.44. The van der Waals surface area contributed by atoms with Gasteiger partial charge in [0.2, 0.25) is 0 Å². The van der Waals surface area contributed by atoms with E-state index in [1.54, 1.807) is 37.4 Å². The van der Waals surface area contributed by atoms with Gasteiger partial charge >= 0.3 is 0 Å². The predicted molar refractivity (Wildman–Crippen MR) is 88.5 cm³/mol. The molecule has 1 aromatic heterocycles. The number of amides is 1. The van der Waals surface area contributed by atoms with Gasteiger partial charge in [-0.25, -0.2) is 8.78 Å². The second kappa shape index (κ2) is 6.30. The molecule has 1 heterocycles. The van der Waals surface area contributed by atoms with Gasteiger partial charge in [-0.15, -0.1) is 11.3 Å². The third kappa shape index (κ3) is 3.14. The molecule has 116 valence electrons. The summed E-state index contributed by atoms with van der Waals surface area (Å²) in [7, 11) is 1.57. The van der Waals surface area contributed by atoms with E-state index in [4.69, 9.17) is 0 Å². The van der Waals surface area contributed by atoms with Crippen molar-refractivity contribution in [3.05, 3.63) is 71.1 Å². The topological polar surface area (TPSA) is 29.1 Å². The lowest BCUT2D eigenvalue weighted by molar-refractivity contribution is 0.0967. The fourth-order valence-corrected chi connectivity index (χ4v) is 3.42. The molecular weight excluding hydrogens is 316 g/mol. The van der Waals surface area contributed by atoms with Gasteiger partial charge in [-0.3, -0.25) is 4.79 Å². The van der Waals surface area contributed by atoms with E-state index in [0.717, 1.165) is 21.6 Å². The van der Waals surface area contributed by atoms with E-state index in [2.05, 4.69) is 5.32 Å². The highest BCUT2D eigenvalue weighted by Gasteiger charge is 2.16. The van der Waals surface area contributed by atoms with Crippen molar-refractivity contribution in [2.24, 2.45) is 0 Å². The van der Waals surface area contributed by atoms with E-state index in [1.807, 2.05) is 0 Å². The van der Waals surface area contributed by atoms with Crippen LogP contribution < -0.4 is 5.32 Å². The highest BCUT2D eigenvalue weighted by Crippen LogP contribution is 2.39. The van der Waals surface area contributed by atoms with E-state index >= 15 is 0 Å². The Kier molecular flexibility index (Phi) is 4.21. The summed E-state index contributed by atoms with van der Waals surface area (Å²) in [6, 6.07) is 13.9. The lowest BCUT2D eigenvalue weighted by atomic mass is 10.0. The number of benzene rings is 2. The van der Waals surface area contributed by atoms with Crippen molar-refractivity contribution in [3.63, 3.8) is 0 Å². The molecule has 2 aromatic carbocycles. The quantitative estimate of drug-likeness (QED) is 0.740. The van der Waals surface area contributed by atoms with Crippen molar-refractivity contribution in [1.82, 2.24) is 5.32 Å². The molecule has 0 aliphatic carbocycles. The highest BCUT2D eigenvalue weighted by atomic mass is 32.1. The molecule has 5 heteroatoms. The lowest BCUT2D eigenvalue weighted by Crippen LogP contribution is -2.16. The Balaban J connectivity index is 2.16. The maximum absolute atomic E-state index is 13.2. The first kappa shape index (κ1) is 15.4. The van der Waals surface area contributed by atoms with Gasteiger partial charge in [-0.2, -0.15) is 0 Å². The second-order valence-corrected chi connectivity index (χ2v) is 6.00. The first-order valence-corrected chi connectivity index (χ1v) is 7.78. The van der Waals surface area contributed by atoms with E-state index in [1.165, 1.54) is 35.6 Å². The standard InChI is InChI=1S/C18H13F2NOS/c1-21-18(22)16-10-15(11-2-6-13(19)7-3-11)17(23-16)12-4-8-14(20)9-5-12/h2-10H,1H3,(H,21,22). The van der Waals surface area contributed by atoms with Crippen LogP contribution in [-0.2, 0) is 0 Å². The van der Waals surface area contributed by atoms with Gasteiger partial charge in [0.15, 0.2) is 0 Å². The van der Waals surface area contributed by atoms with Crippen LogP contribution in [0.25, 0.3) is 21.6 Å². The number of rotatable bonds is 3. The van der Waals surface area contributed by atoms with Crippen LogP contribution in [0.2, 0.25) is 0 Å². The molecule has 0 unspecified atom stereocenters. The number of nitrogens with one attached hydrogen (secondary N) is 1. The average molecular weight is 329 g/mol. The smallest absolute Gasteiger partial charge is 0.261 e. The summed E-state index contributed by atoms with van der Waals surface area (Å²) >= 11 is 1.32. The molecule has 0 saturated carbocycles. The fraction of sp³-hybridized carbons (Fsp3) is 0.0556. The van der Waals surface area contributed by atoms with Crippen LogP contribution in [0.3, 0.4) is 0 Å². The van der Waals surface area contributed by atoms with Crippen molar-refractivity contribution in [2.75, 3.05) is 7.05 Å². The zero-order chi connectivity index (χ0) is 16.4. The molecule has 2 nitrogen and oxygen atoms in total. The van der Waals surface area contributed by atoms with Crippen LogP contribution in [0.1, 0.15) is 9.67 Å². The molecule has 1 amide bonds. The van der Waals surface area contributed by atoms with Gasteiger partial charge in [-0.05, 0) is 41.5 Å². The minimum Gasteiger partial charge on any atom is -0.354 e. The summed E-state index contributed by atoms with van der Waals surface area (Å²) in [4.78, 5) is 13.3. The Hall–Kier alpha value is -2.53. The van der Waals surface area contributed by atoms with Crippen molar-refractivity contribution in [3.8, 4) is 21.6 Å². The van der Waals surface area contributed by atoms with Gasteiger partial charge in [0.1, 0.15) is 11.6 Å². The van der Waals surface area contributed by atoms with Crippen LogP contribution >= 0.6 is 11.3 Å². The Morgan fingerprint density at radius 2 is 1.43 bits per heavy atom. The highest BCUT2D eigenvalue weighted by molar-refractivity contribution is 7.18. The van der Waals surface area contributed by atoms with Crippen LogP contribution in [0.5, 0.6) is 0 Å². The van der Waals surface area contributed by atoms with Crippen LogP contribution in [0.4, 0.5) is 8.78 Å². The molecule has 0 saturated heterocycles. The monoisotopic (exact) mass is 329 g/mol. The van der Waals surface area contributed by atoms with Crippen LogP contribution in [-0.4, -0.2) is 13.0 Å². The molecule has 3 rings (SSSR count). The van der Waals surface area contributed by atoms with Gasteiger partial charge in [-0.1, -0.05) is 24.3 Å². The minimum absolute atomic E-state index is 0.188. The Labute approximate surface area is 136 Å². The second-order valence-electron chi connectivity index (χ2n) is 4.95. The number of carbonyl (C=O) groups is 1. The SMILES string of the molecule is CNC(=O)c1cc(-c2ccc(F)cc2)c(-c2ccc(F)cc2)s1. The number of halogens is 2. The number of thiophene rings is 1. The maximum atomic E-state index is 13.2. The summed E-state index contributed by atoms with van der Waals surface area (Å²) in [6.45, 7) is 0. The molecule has 0 spiro atoms. The normalized spacial score (nSPS) is 10.6. The molecule has 0 fully saturated rings. The van der Waals surface area contributed by atoms with E-state index in [0.29, 0.717) is 4.88 Å². The molecule has 0 aliphatic rings. The zero-order valence-electron chi connectivity index (χ0n) is 12.3. The van der Waals surface area contributed by atoms with Crippen LogP contribution in [0.15, 0.2) is 54.6 Å². The summed E-state index contributed by atoms with van der Waals surface area (Å²) < 4.78 is 26.3. The largest absolute Gasteiger partial charge is 0.354 e. The van der Waals surface area contributed by atoms with E-state index in [-0.39, 0.29) is 17.5 Å². The van der Waals surface area contributed by atoms with Crippen molar-refractivity contribution in [1.29, 1.82) is 0 Å². The fourth-order valence-electron chi connectivity index (χ4n) is 2.29. The first-order valence-electron chi connectivity index (χ1n) is 6.96. The third-order valence-corrected chi connectivity index (χ3v) is 4.63. The summed E-state index contributed by atoms with van der Waals surface area (Å²) in [5.41, 5.74) is 2.43. The molecule has 3 aromatic rings. The van der Waals surface area contributed by atoms with E-state index in [9.17, 15) is 13.6 Å². The first-order chi connectivity index (χ1) is 11.1. The number of carbonyl (C=O) groups excluding carboxylic acids is 1. The van der Waals surface area contributed by atoms with Gasteiger partial charge in [0, 0.05) is 17.5 Å². The molecular formula is C18H13F2NOS. The van der Waals surface area contributed by atoms with Crippen molar-refractivity contribution in [2.45, 2.75) is 0 Å². The minimum atomic E-state index is -0.321.